The predicted octanol–water partition coefficient (Wildman–Crippen LogP) is 3.03. The molecule has 0 saturated carbocycles. The number of amides is 2. The number of anilines is 2. The van der Waals surface area contributed by atoms with Crippen molar-refractivity contribution < 1.29 is 14.0 Å². The number of benzene rings is 1. The molecule has 1 aromatic carbocycles. The van der Waals surface area contributed by atoms with Crippen molar-refractivity contribution in [2.75, 3.05) is 29.9 Å². The van der Waals surface area contributed by atoms with Crippen molar-refractivity contribution >= 4 is 23.2 Å². The molecule has 0 bridgehead atoms. The van der Waals surface area contributed by atoms with Gasteiger partial charge in [-0.05, 0) is 43.5 Å². The molecule has 6 nitrogen and oxygen atoms in total. The normalized spacial score (nSPS) is 13.7. The first-order chi connectivity index (χ1) is 12.2. The Morgan fingerprint density at radius 3 is 2.64 bits per heavy atom. The highest BCUT2D eigenvalue weighted by atomic mass is 16.3. The molecule has 1 aliphatic rings. The van der Waals surface area contributed by atoms with E-state index in [4.69, 9.17) is 4.42 Å². The van der Waals surface area contributed by atoms with Crippen LogP contribution in [0.1, 0.15) is 36.2 Å². The molecule has 132 valence electrons. The van der Waals surface area contributed by atoms with Crippen molar-refractivity contribution in [2.45, 2.75) is 25.7 Å². The summed E-state index contributed by atoms with van der Waals surface area (Å²) in [4.78, 5) is 26.2. The monoisotopic (exact) mass is 341 g/mol. The third kappa shape index (κ3) is 4.62. The van der Waals surface area contributed by atoms with Crippen molar-refractivity contribution in [1.29, 1.82) is 0 Å². The van der Waals surface area contributed by atoms with E-state index in [1.807, 2.05) is 24.3 Å². The van der Waals surface area contributed by atoms with E-state index in [0.717, 1.165) is 24.5 Å². The van der Waals surface area contributed by atoms with Gasteiger partial charge in [-0.15, -0.1) is 0 Å². The van der Waals surface area contributed by atoms with E-state index in [1.165, 1.54) is 19.1 Å². The molecular formula is C19H23N3O3. The molecule has 1 aliphatic heterocycles. The average molecular weight is 341 g/mol. The summed E-state index contributed by atoms with van der Waals surface area (Å²) in [5.74, 6) is -0.0207. The van der Waals surface area contributed by atoms with Crippen molar-refractivity contribution in [3.63, 3.8) is 0 Å². The lowest BCUT2D eigenvalue weighted by Crippen LogP contribution is -2.25. The van der Waals surface area contributed by atoms with Crippen LogP contribution in [0.3, 0.4) is 0 Å². The van der Waals surface area contributed by atoms with Gasteiger partial charge in [0.05, 0.1) is 17.6 Å². The zero-order valence-corrected chi connectivity index (χ0v) is 14.2. The maximum absolute atomic E-state index is 12.2. The van der Waals surface area contributed by atoms with Crippen LogP contribution in [0.25, 0.3) is 0 Å². The number of furan rings is 1. The van der Waals surface area contributed by atoms with Crippen LogP contribution in [0.4, 0.5) is 11.4 Å². The minimum absolute atomic E-state index is 0.0427. The van der Waals surface area contributed by atoms with Crippen molar-refractivity contribution in [1.82, 2.24) is 5.32 Å². The van der Waals surface area contributed by atoms with Crippen LogP contribution in [0.2, 0.25) is 0 Å². The fourth-order valence-electron chi connectivity index (χ4n) is 2.97. The highest BCUT2D eigenvalue weighted by Gasteiger charge is 2.16. The Hall–Kier alpha value is -2.76. The van der Waals surface area contributed by atoms with Gasteiger partial charge in [0.1, 0.15) is 0 Å². The van der Waals surface area contributed by atoms with Gasteiger partial charge in [-0.2, -0.15) is 0 Å². The van der Waals surface area contributed by atoms with Crippen LogP contribution in [0.5, 0.6) is 0 Å². The van der Waals surface area contributed by atoms with Gasteiger partial charge in [-0.25, -0.2) is 0 Å². The topological polar surface area (TPSA) is 74.6 Å². The van der Waals surface area contributed by atoms with Crippen molar-refractivity contribution in [3.05, 3.63) is 48.4 Å². The van der Waals surface area contributed by atoms with E-state index in [2.05, 4.69) is 15.5 Å². The summed E-state index contributed by atoms with van der Waals surface area (Å²) < 4.78 is 5.02. The van der Waals surface area contributed by atoms with Crippen LogP contribution in [-0.2, 0) is 4.79 Å². The standard InChI is InChI=1S/C19H23N3O3/c23-18(10-5-11-20-19(24)17-9-6-14-25-17)21-15-7-1-2-8-16(15)22-12-3-4-13-22/h1-2,6-9,14H,3-5,10-13H2,(H,20,24)(H,21,23). The number of rotatable bonds is 7. The number of carbonyl (C=O) groups excluding carboxylic acids is 2. The van der Waals surface area contributed by atoms with Gasteiger partial charge in [0, 0.05) is 26.1 Å². The summed E-state index contributed by atoms with van der Waals surface area (Å²) in [5.41, 5.74) is 1.94. The summed E-state index contributed by atoms with van der Waals surface area (Å²) >= 11 is 0. The second kappa shape index (κ2) is 8.37. The molecule has 0 atom stereocenters. The van der Waals surface area contributed by atoms with Gasteiger partial charge >= 0.3 is 0 Å². The molecule has 25 heavy (non-hydrogen) atoms. The Morgan fingerprint density at radius 1 is 1.08 bits per heavy atom. The van der Waals surface area contributed by atoms with Crippen LogP contribution in [0, 0.1) is 0 Å². The van der Waals surface area contributed by atoms with E-state index in [9.17, 15) is 9.59 Å². The molecule has 0 spiro atoms. The highest BCUT2D eigenvalue weighted by molar-refractivity contribution is 5.94. The number of hydrogen-bond donors (Lipinski definition) is 2. The fourth-order valence-corrected chi connectivity index (χ4v) is 2.97. The molecule has 1 saturated heterocycles. The summed E-state index contributed by atoms with van der Waals surface area (Å²) in [5, 5.41) is 5.73. The lowest BCUT2D eigenvalue weighted by molar-refractivity contribution is -0.116. The maximum atomic E-state index is 12.2. The van der Waals surface area contributed by atoms with Gasteiger partial charge in [0.2, 0.25) is 5.91 Å². The Morgan fingerprint density at radius 2 is 1.88 bits per heavy atom. The van der Waals surface area contributed by atoms with Gasteiger partial charge in [-0.3, -0.25) is 9.59 Å². The zero-order chi connectivity index (χ0) is 17.5. The Labute approximate surface area is 147 Å². The smallest absolute Gasteiger partial charge is 0.286 e. The summed E-state index contributed by atoms with van der Waals surface area (Å²) in [6.07, 6.45) is 4.77. The molecule has 6 heteroatoms. The van der Waals surface area contributed by atoms with Crippen molar-refractivity contribution in [2.24, 2.45) is 0 Å². The molecule has 1 aromatic heterocycles. The van der Waals surface area contributed by atoms with Crippen molar-refractivity contribution in [3.8, 4) is 0 Å². The average Bonchev–Trinajstić information content (AvgIpc) is 3.32. The number of nitrogens with one attached hydrogen (secondary N) is 2. The summed E-state index contributed by atoms with van der Waals surface area (Å²) in [6.45, 7) is 2.50. The first-order valence-corrected chi connectivity index (χ1v) is 8.69. The van der Waals surface area contributed by atoms with E-state index < -0.39 is 0 Å². The molecule has 2 amide bonds. The Kier molecular flexibility index (Phi) is 5.72. The van der Waals surface area contributed by atoms with E-state index in [0.29, 0.717) is 19.4 Å². The third-order valence-corrected chi connectivity index (χ3v) is 4.24. The minimum atomic E-state index is -0.259. The molecule has 0 aliphatic carbocycles. The second-order valence-electron chi connectivity index (χ2n) is 6.10. The summed E-state index contributed by atoms with van der Waals surface area (Å²) in [7, 11) is 0. The van der Waals surface area contributed by atoms with E-state index >= 15 is 0 Å². The minimum Gasteiger partial charge on any atom is -0.459 e. The molecule has 0 radical (unpaired) electrons. The molecule has 0 unspecified atom stereocenters. The number of carbonyl (C=O) groups is 2. The maximum Gasteiger partial charge on any atom is 0.286 e. The van der Waals surface area contributed by atoms with E-state index in [1.54, 1.807) is 12.1 Å². The molecule has 2 N–H and O–H groups in total. The predicted molar refractivity (Wildman–Crippen MR) is 96.8 cm³/mol. The zero-order valence-electron chi connectivity index (χ0n) is 14.2. The number of nitrogens with zero attached hydrogens (tertiary/aromatic N) is 1. The van der Waals surface area contributed by atoms with Gasteiger partial charge in [0.15, 0.2) is 5.76 Å². The summed E-state index contributed by atoms with van der Waals surface area (Å²) in [6, 6.07) is 11.2. The van der Waals surface area contributed by atoms with Gasteiger partial charge in [-0.1, -0.05) is 12.1 Å². The van der Waals surface area contributed by atoms with E-state index in [-0.39, 0.29) is 17.6 Å². The molecule has 2 heterocycles. The fraction of sp³-hybridized carbons (Fsp3) is 0.368. The third-order valence-electron chi connectivity index (χ3n) is 4.24. The lowest BCUT2D eigenvalue weighted by Gasteiger charge is -2.21. The Bertz CT molecular complexity index is 706. The number of para-hydroxylation sites is 2. The largest absolute Gasteiger partial charge is 0.459 e. The molecule has 3 rings (SSSR count). The second-order valence-corrected chi connectivity index (χ2v) is 6.10. The van der Waals surface area contributed by atoms with Gasteiger partial charge in [0.25, 0.3) is 5.91 Å². The van der Waals surface area contributed by atoms with Crippen LogP contribution in [0.15, 0.2) is 47.1 Å². The first-order valence-electron chi connectivity index (χ1n) is 8.69. The molecule has 2 aromatic rings. The Balaban J connectivity index is 1.44. The van der Waals surface area contributed by atoms with Crippen LogP contribution >= 0.6 is 0 Å². The molecular weight excluding hydrogens is 318 g/mol. The van der Waals surface area contributed by atoms with Crippen LogP contribution in [-0.4, -0.2) is 31.4 Å². The highest BCUT2D eigenvalue weighted by Crippen LogP contribution is 2.28. The first kappa shape index (κ1) is 17.1. The number of hydrogen-bond acceptors (Lipinski definition) is 4. The quantitative estimate of drug-likeness (QED) is 0.759. The van der Waals surface area contributed by atoms with Gasteiger partial charge < -0.3 is 20.0 Å². The molecule has 1 fully saturated rings. The SMILES string of the molecule is O=C(CCCNC(=O)c1ccco1)Nc1ccccc1N1CCCC1. The lowest BCUT2D eigenvalue weighted by atomic mass is 10.2. The van der Waals surface area contributed by atoms with Crippen LogP contribution < -0.4 is 15.5 Å².